The van der Waals surface area contributed by atoms with Crippen LogP contribution in [0.5, 0.6) is 0 Å². The molecule has 0 aliphatic carbocycles. The van der Waals surface area contributed by atoms with Crippen LogP contribution < -0.4 is 5.32 Å². The molecule has 2 heterocycles. The monoisotopic (exact) mass is 216 g/mol. The van der Waals surface area contributed by atoms with E-state index in [1.54, 1.807) is 6.20 Å². The molecule has 80 valence electrons. The van der Waals surface area contributed by atoms with Crippen LogP contribution in [0.2, 0.25) is 0 Å². The minimum absolute atomic E-state index is 0. The lowest BCUT2D eigenvalue weighted by Gasteiger charge is -2.22. The Morgan fingerprint density at radius 2 is 2.50 bits per heavy atom. The van der Waals surface area contributed by atoms with Gasteiger partial charge in [0.05, 0.1) is 0 Å². The van der Waals surface area contributed by atoms with Crippen LogP contribution in [-0.2, 0) is 6.54 Å². The van der Waals surface area contributed by atoms with Gasteiger partial charge in [0.1, 0.15) is 0 Å². The zero-order valence-corrected chi connectivity index (χ0v) is 9.18. The number of halogens is 1. The highest BCUT2D eigenvalue weighted by molar-refractivity contribution is 5.85. The molecule has 14 heavy (non-hydrogen) atoms. The second-order valence-corrected chi connectivity index (χ2v) is 3.64. The molecule has 1 unspecified atom stereocenters. The molecule has 5 heteroatoms. The predicted octanol–water partition coefficient (Wildman–Crippen LogP) is 0.625. The minimum Gasteiger partial charge on any atom is -0.315 e. The topological polar surface area (TPSA) is 44.0 Å². The molecule has 1 fully saturated rings. The molecule has 1 aromatic heterocycles. The lowest BCUT2D eigenvalue weighted by Crippen LogP contribution is -2.32. The highest BCUT2D eigenvalue weighted by atomic mass is 35.5. The van der Waals surface area contributed by atoms with Gasteiger partial charge in [0.15, 0.2) is 0 Å². The second-order valence-electron chi connectivity index (χ2n) is 3.64. The highest BCUT2D eigenvalue weighted by Crippen LogP contribution is 2.08. The van der Waals surface area contributed by atoms with Gasteiger partial charge in [0.2, 0.25) is 0 Å². The number of hydrogen-bond acceptors (Lipinski definition) is 3. The van der Waals surface area contributed by atoms with Crippen molar-refractivity contribution in [1.29, 1.82) is 0 Å². The van der Waals surface area contributed by atoms with Gasteiger partial charge in [-0.3, -0.25) is 10.00 Å². The van der Waals surface area contributed by atoms with Crippen molar-refractivity contribution in [1.82, 2.24) is 20.4 Å². The number of aromatic amines is 1. The van der Waals surface area contributed by atoms with Gasteiger partial charge < -0.3 is 5.32 Å². The van der Waals surface area contributed by atoms with E-state index in [0.29, 0.717) is 6.04 Å². The molecule has 2 rings (SSSR count). The molecule has 0 spiro atoms. The lowest BCUT2D eigenvalue weighted by molar-refractivity contribution is 0.246. The average molecular weight is 217 g/mol. The highest BCUT2D eigenvalue weighted by Gasteiger charge is 2.18. The van der Waals surface area contributed by atoms with E-state index < -0.39 is 0 Å². The van der Waals surface area contributed by atoms with Crippen LogP contribution in [0.1, 0.15) is 12.1 Å². The van der Waals surface area contributed by atoms with Crippen molar-refractivity contribution >= 4 is 12.4 Å². The van der Waals surface area contributed by atoms with E-state index in [1.807, 2.05) is 6.07 Å². The molecule has 1 saturated heterocycles. The fraction of sp³-hybridized carbons (Fsp3) is 0.667. The molecule has 1 atom stereocenters. The smallest absolute Gasteiger partial charge is 0.0492 e. The SMILES string of the molecule is CN(Cc1ccn[nH]1)C1CCNC1.Cl. The third-order valence-electron chi connectivity index (χ3n) is 2.64. The molecular weight excluding hydrogens is 200 g/mol. The Kier molecular flexibility index (Phi) is 4.38. The summed E-state index contributed by atoms with van der Waals surface area (Å²) < 4.78 is 0. The van der Waals surface area contributed by atoms with Crippen LogP contribution in [0.25, 0.3) is 0 Å². The molecule has 4 nitrogen and oxygen atoms in total. The zero-order valence-electron chi connectivity index (χ0n) is 8.36. The van der Waals surface area contributed by atoms with Crippen LogP contribution in [0.3, 0.4) is 0 Å². The molecule has 1 aliphatic heterocycles. The first-order valence-corrected chi connectivity index (χ1v) is 4.75. The lowest BCUT2D eigenvalue weighted by atomic mass is 10.2. The fourth-order valence-electron chi connectivity index (χ4n) is 1.79. The Labute approximate surface area is 90.5 Å². The number of likely N-dealkylation sites (N-methyl/N-ethyl adjacent to an activating group) is 1. The Morgan fingerprint density at radius 1 is 1.64 bits per heavy atom. The third kappa shape index (κ3) is 2.70. The molecule has 0 bridgehead atoms. The summed E-state index contributed by atoms with van der Waals surface area (Å²) in [6.45, 7) is 3.23. The van der Waals surface area contributed by atoms with Crippen LogP contribution >= 0.6 is 12.4 Å². The Balaban J connectivity index is 0.000000980. The maximum absolute atomic E-state index is 3.93. The molecule has 0 amide bonds. The summed E-state index contributed by atoms with van der Waals surface area (Å²) in [6.07, 6.45) is 3.06. The second kappa shape index (κ2) is 5.34. The number of aromatic nitrogens is 2. The molecular formula is C9H17ClN4. The number of nitrogens with zero attached hydrogens (tertiary/aromatic N) is 2. The van der Waals surface area contributed by atoms with Gasteiger partial charge in [-0.1, -0.05) is 0 Å². The standard InChI is InChI=1S/C9H16N4.ClH/c1-13(9-3-4-10-6-9)7-8-2-5-11-12-8;/h2,5,9-10H,3-4,6-7H2,1H3,(H,11,12);1H. The van der Waals surface area contributed by atoms with Crippen LogP contribution in [0.4, 0.5) is 0 Å². The van der Waals surface area contributed by atoms with E-state index in [9.17, 15) is 0 Å². The number of nitrogens with one attached hydrogen (secondary N) is 2. The van der Waals surface area contributed by atoms with E-state index in [2.05, 4.69) is 27.5 Å². The summed E-state index contributed by atoms with van der Waals surface area (Å²) in [4.78, 5) is 2.37. The third-order valence-corrected chi connectivity index (χ3v) is 2.64. The summed E-state index contributed by atoms with van der Waals surface area (Å²) in [7, 11) is 2.17. The Bertz CT molecular complexity index is 243. The van der Waals surface area contributed by atoms with E-state index in [0.717, 1.165) is 19.6 Å². The minimum atomic E-state index is 0. The molecule has 1 aromatic rings. The van der Waals surface area contributed by atoms with E-state index >= 15 is 0 Å². The molecule has 1 aliphatic rings. The van der Waals surface area contributed by atoms with Gasteiger partial charge in [-0.2, -0.15) is 5.10 Å². The summed E-state index contributed by atoms with van der Waals surface area (Å²) in [5, 5.41) is 10.3. The van der Waals surface area contributed by atoms with E-state index in [1.165, 1.54) is 12.1 Å². The average Bonchev–Trinajstić information content (AvgIpc) is 2.74. The maximum Gasteiger partial charge on any atom is 0.0492 e. The normalized spacial score (nSPS) is 21.1. The molecule has 0 saturated carbocycles. The van der Waals surface area contributed by atoms with Crippen molar-refractivity contribution in [2.24, 2.45) is 0 Å². The predicted molar refractivity (Wildman–Crippen MR) is 58.6 cm³/mol. The zero-order chi connectivity index (χ0) is 9.10. The van der Waals surface area contributed by atoms with Crippen LogP contribution in [0, 0.1) is 0 Å². The first-order valence-electron chi connectivity index (χ1n) is 4.75. The summed E-state index contributed by atoms with van der Waals surface area (Å²) in [5.74, 6) is 0. The van der Waals surface area contributed by atoms with Gasteiger partial charge in [0.25, 0.3) is 0 Å². The summed E-state index contributed by atoms with van der Waals surface area (Å²) in [5.41, 5.74) is 1.19. The molecule has 0 aromatic carbocycles. The Morgan fingerprint density at radius 3 is 3.07 bits per heavy atom. The Hall–Kier alpha value is -0.580. The van der Waals surface area contributed by atoms with Crippen molar-refractivity contribution in [3.63, 3.8) is 0 Å². The van der Waals surface area contributed by atoms with E-state index in [-0.39, 0.29) is 12.4 Å². The molecule has 2 N–H and O–H groups in total. The van der Waals surface area contributed by atoms with Gasteiger partial charge in [-0.25, -0.2) is 0 Å². The van der Waals surface area contributed by atoms with Gasteiger partial charge in [-0.05, 0) is 26.1 Å². The largest absolute Gasteiger partial charge is 0.315 e. The fourth-order valence-corrected chi connectivity index (χ4v) is 1.79. The summed E-state index contributed by atoms with van der Waals surface area (Å²) >= 11 is 0. The van der Waals surface area contributed by atoms with Crippen LogP contribution in [0.15, 0.2) is 12.3 Å². The maximum atomic E-state index is 3.93. The quantitative estimate of drug-likeness (QED) is 0.779. The first-order chi connectivity index (χ1) is 6.36. The van der Waals surface area contributed by atoms with Crippen molar-refractivity contribution in [2.45, 2.75) is 19.0 Å². The van der Waals surface area contributed by atoms with Gasteiger partial charge in [-0.15, -0.1) is 12.4 Å². The first kappa shape index (κ1) is 11.5. The van der Waals surface area contributed by atoms with Crippen molar-refractivity contribution in [3.05, 3.63) is 18.0 Å². The summed E-state index contributed by atoms with van der Waals surface area (Å²) in [6, 6.07) is 2.71. The van der Waals surface area contributed by atoms with Gasteiger partial charge in [0, 0.05) is 31.0 Å². The van der Waals surface area contributed by atoms with Crippen molar-refractivity contribution < 1.29 is 0 Å². The van der Waals surface area contributed by atoms with Crippen molar-refractivity contribution in [3.8, 4) is 0 Å². The number of rotatable bonds is 3. The van der Waals surface area contributed by atoms with E-state index in [4.69, 9.17) is 0 Å². The van der Waals surface area contributed by atoms with Crippen molar-refractivity contribution in [2.75, 3.05) is 20.1 Å². The molecule has 0 radical (unpaired) electrons. The number of hydrogen-bond donors (Lipinski definition) is 2. The van der Waals surface area contributed by atoms with Gasteiger partial charge >= 0.3 is 0 Å². The number of H-pyrrole nitrogens is 1. The van der Waals surface area contributed by atoms with Crippen LogP contribution in [-0.4, -0.2) is 41.3 Å².